The third-order valence-corrected chi connectivity index (χ3v) is 4.88. The monoisotopic (exact) mass is 264 g/mol. The SMILES string of the molecule is CN(C)S(=O)(=O)CCNC1CCOC(C)(C)C1. The molecule has 0 spiro atoms. The van der Waals surface area contributed by atoms with Crippen LogP contribution in [0.4, 0.5) is 0 Å². The zero-order chi connectivity index (χ0) is 13.1. The summed E-state index contributed by atoms with van der Waals surface area (Å²) >= 11 is 0. The van der Waals surface area contributed by atoms with Gasteiger partial charge in [-0.2, -0.15) is 0 Å². The van der Waals surface area contributed by atoms with E-state index in [1.807, 2.05) is 0 Å². The molecule has 1 saturated heterocycles. The molecule has 1 N–H and O–H groups in total. The summed E-state index contributed by atoms with van der Waals surface area (Å²) in [6.07, 6.45) is 1.88. The Labute approximate surface area is 105 Å². The molecule has 1 aliphatic heterocycles. The molecule has 0 saturated carbocycles. The van der Waals surface area contributed by atoms with E-state index in [0.29, 0.717) is 12.6 Å². The fourth-order valence-electron chi connectivity index (χ4n) is 1.98. The molecule has 5 nitrogen and oxygen atoms in total. The highest BCUT2D eigenvalue weighted by Gasteiger charge is 2.28. The molecule has 0 aliphatic carbocycles. The Kier molecular flexibility index (Phi) is 4.95. The highest BCUT2D eigenvalue weighted by atomic mass is 32.2. The van der Waals surface area contributed by atoms with Crippen LogP contribution in [0.1, 0.15) is 26.7 Å². The van der Waals surface area contributed by atoms with Gasteiger partial charge in [-0.05, 0) is 26.7 Å². The molecule has 0 aromatic rings. The third-order valence-electron chi connectivity index (χ3n) is 3.05. The van der Waals surface area contributed by atoms with E-state index in [1.165, 1.54) is 4.31 Å². The fraction of sp³-hybridized carbons (Fsp3) is 1.00. The second-order valence-electron chi connectivity index (χ2n) is 5.35. The molecule has 6 heteroatoms. The van der Waals surface area contributed by atoms with E-state index in [4.69, 9.17) is 4.74 Å². The zero-order valence-electron chi connectivity index (χ0n) is 11.2. The highest BCUT2D eigenvalue weighted by Crippen LogP contribution is 2.23. The van der Waals surface area contributed by atoms with Crippen molar-refractivity contribution in [2.75, 3.05) is 33.0 Å². The number of nitrogens with zero attached hydrogens (tertiary/aromatic N) is 1. The summed E-state index contributed by atoms with van der Waals surface area (Å²) in [6.45, 7) is 5.38. The van der Waals surface area contributed by atoms with E-state index in [-0.39, 0.29) is 11.4 Å². The van der Waals surface area contributed by atoms with Crippen molar-refractivity contribution in [2.45, 2.75) is 38.3 Å². The minimum Gasteiger partial charge on any atom is -0.375 e. The van der Waals surface area contributed by atoms with Crippen LogP contribution in [0.15, 0.2) is 0 Å². The molecule has 0 amide bonds. The van der Waals surface area contributed by atoms with Gasteiger partial charge in [0.2, 0.25) is 10.0 Å². The van der Waals surface area contributed by atoms with Crippen molar-refractivity contribution in [1.29, 1.82) is 0 Å². The van der Waals surface area contributed by atoms with Crippen LogP contribution >= 0.6 is 0 Å². The van der Waals surface area contributed by atoms with Crippen LogP contribution < -0.4 is 5.32 Å². The van der Waals surface area contributed by atoms with Crippen molar-refractivity contribution in [3.8, 4) is 0 Å². The first-order chi connectivity index (χ1) is 7.73. The summed E-state index contributed by atoms with van der Waals surface area (Å²) in [5.41, 5.74) is -0.101. The maximum Gasteiger partial charge on any atom is 0.214 e. The second kappa shape index (κ2) is 5.65. The Hall–Kier alpha value is -0.170. The summed E-state index contributed by atoms with van der Waals surface area (Å²) in [5.74, 6) is 0.151. The molecule has 0 aromatic carbocycles. The van der Waals surface area contributed by atoms with Gasteiger partial charge in [-0.3, -0.25) is 0 Å². The second-order valence-corrected chi connectivity index (χ2v) is 7.65. The maximum atomic E-state index is 11.6. The molecule has 0 bridgehead atoms. The first-order valence-electron chi connectivity index (χ1n) is 6.00. The Bertz CT molecular complexity index is 339. The fourth-order valence-corrected chi connectivity index (χ4v) is 2.72. The quantitative estimate of drug-likeness (QED) is 0.782. The van der Waals surface area contributed by atoms with Crippen LogP contribution in [0.5, 0.6) is 0 Å². The first kappa shape index (κ1) is 14.9. The normalized spacial score (nSPS) is 25.1. The van der Waals surface area contributed by atoms with E-state index in [9.17, 15) is 8.42 Å². The number of hydrogen-bond acceptors (Lipinski definition) is 4. The van der Waals surface area contributed by atoms with Gasteiger partial charge in [0, 0.05) is 33.3 Å². The van der Waals surface area contributed by atoms with Gasteiger partial charge in [-0.15, -0.1) is 0 Å². The smallest absolute Gasteiger partial charge is 0.214 e. The molecule has 102 valence electrons. The van der Waals surface area contributed by atoms with E-state index in [1.54, 1.807) is 14.1 Å². The van der Waals surface area contributed by atoms with Crippen LogP contribution in [0, 0.1) is 0 Å². The maximum absolute atomic E-state index is 11.6. The summed E-state index contributed by atoms with van der Waals surface area (Å²) in [5, 5.41) is 3.30. The molecular formula is C11H24N2O3S. The number of hydrogen-bond donors (Lipinski definition) is 1. The third kappa shape index (κ3) is 4.91. The van der Waals surface area contributed by atoms with Crippen molar-refractivity contribution in [3.63, 3.8) is 0 Å². The lowest BCUT2D eigenvalue weighted by atomic mass is 9.94. The average molecular weight is 264 g/mol. The standard InChI is InChI=1S/C11H24N2O3S/c1-11(2)9-10(5-7-16-11)12-6-8-17(14,15)13(3)4/h10,12H,5-9H2,1-4H3. The van der Waals surface area contributed by atoms with Crippen molar-refractivity contribution in [2.24, 2.45) is 0 Å². The Morgan fingerprint density at radius 2 is 2.06 bits per heavy atom. The van der Waals surface area contributed by atoms with Gasteiger partial charge in [-0.1, -0.05) is 0 Å². The topological polar surface area (TPSA) is 58.6 Å². The number of rotatable bonds is 5. The number of nitrogens with one attached hydrogen (secondary N) is 1. The van der Waals surface area contributed by atoms with Crippen molar-refractivity contribution in [1.82, 2.24) is 9.62 Å². The van der Waals surface area contributed by atoms with Crippen LogP contribution in [0.25, 0.3) is 0 Å². The lowest BCUT2D eigenvalue weighted by molar-refractivity contribution is -0.0625. The van der Waals surface area contributed by atoms with Crippen LogP contribution in [-0.4, -0.2) is 57.4 Å². The van der Waals surface area contributed by atoms with Crippen LogP contribution in [0.3, 0.4) is 0 Å². The Balaban J connectivity index is 2.32. The summed E-state index contributed by atoms with van der Waals surface area (Å²) in [6, 6.07) is 0.358. The molecule has 17 heavy (non-hydrogen) atoms. The lowest BCUT2D eigenvalue weighted by Crippen LogP contribution is -2.45. The molecule has 1 unspecified atom stereocenters. The predicted octanol–water partition coefficient (Wildman–Crippen LogP) is 0.425. The highest BCUT2D eigenvalue weighted by molar-refractivity contribution is 7.89. The molecule has 1 fully saturated rings. The number of ether oxygens (including phenoxy) is 1. The zero-order valence-corrected chi connectivity index (χ0v) is 12.0. The first-order valence-corrected chi connectivity index (χ1v) is 7.61. The van der Waals surface area contributed by atoms with Gasteiger partial charge in [0.05, 0.1) is 11.4 Å². The van der Waals surface area contributed by atoms with Crippen molar-refractivity contribution in [3.05, 3.63) is 0 Å². The average Bonchev–Trinajstić information content (AvgIpc) is 2.15. The molecule has 1 rings (SSSR count). The van der Waals surface area contributed by atoms with Gasteiger partial charge in [0.25, 0.3) is 0 Å². The summed E-state index contributed by atoms with van der Waals surface area (Å²) in [4.78, 5) is 0. The summed E-state index contributed by atoms with van der Waals surface area (Å²) in [7, 11) is 0.0366. The van der Waals surface area contributed by atoms with Gasteiger partial charge in [0.1, 0.15) is 0 Å². The van der Waals surface area contributed by atoms with Crippen molar-refractivity contribution >= 4 is 10.0 Å². The van der Waals surface area contributed by atoms with Gasteiger partial charge < -0.3 is 10.1 Å². The van der Waals surface area contributed by atoms with Gasteiger partial charge in [0.15, 0.2) is 0 Å². The van der Waals surface area contributed by atoms with Crippen molar-refractivity contribution < 1.29 is 13.2 Å². The van der Waals surface area contributed by atoms with E-state index < -0.39 is 10.0 Å². The molecule has 1 atom stereocenters. The Morgan fingerprint density at radius 1 is 1.41 bits per heavy atom. The molecule has 1 heterocycles. The Morgan fingerprint density at radius 3 is 2.59 bits per heavy atom. The molecular weight excluding hydrogens is 240 g/mol. The van der Waals surface area contributed by atoms with Crippen LogP contribution in [-0.2, 0) is 14.8 Å². The molecule has 0 radical (unpaired) electrons. The van der Waals surface area contributed by atoms with Gasteiger partial charge in [-0.25, -0.2) is 12.7 Å². The molecule has 0 aromatic heterocycles. The predicted molar refractivity (Wildman–Crippen MR) is 68.5 cm³/mol. The lowest BCUT2D eigenvalue weighted by Gasteiger charge is -2.36. The van der Waals surface area contributed by atoms with Gasteiger partial charge >= 0.3 is 0 Å². The van der Waals surface area contributed by atoms with Crippen LogP contribution in [0.2, 0.25) is 0 Å². The summed E-state index contributed by atoms with van der Waals surface area (Å²) < 4.78 is 30.0. The number of sulfonamides is 1. The molecule has 1 aliphatic rings. The van der Waals surface area contributed by atoms with E-state index in [0.717, 1.165) is 19.4 Å². The minimum atomic E-state index is -3.09. The van der Waals surface area contributed by atoms with E-state index >= 15 is 0 Å². The largest absolute Gasteiger partial charge is 0.375 e. The minimum absolute atomic E-state index is 0.101. The van der Waals surface area contributed by atoms with E-state index in [2.05, 4.69) is 19.2 Å².